The van der Waals surface area contributed by atoms with Gasteiger partial charge in [0.1, 0.15) is 5.21 Å². The average Bonchev–Trinajstić information content (AvgIpc) is 2.04. The molecule has 0 radical (unpaired) electrons. The van der Waals surface area contributed by atoms with Crippen molar-refractivity contribution in [2.45, 2.75) is 0 Å². The van der Waals surface area contributed by atoms with Crippen molar-refractivity contribution in [3.8, 4) is 0 Å². The second-order valence-electron chi connectivity index (χ2n) is 1.98. The van der Waals surface area contributed by atoms with E-state index < -0.39 is 10.0 Å². The standard InChI is InChI=1S/C6H12ClNO2S2/c1-2-4-11-5-3-8-12(9,10)6-7/h2,8H,1,3-6H2. The Kier molecular flexibility index (Phi) is 6.93. The van der Waals surface area contributed by atoms with Crippen LogP contribution in [0.4, 0.5) is 0 Å². The summed E-state index contributed by atoms with van der Waals surface area (Å²) in [5.41, 5.74) is 0. The number of thioether (sulfide) groups is 1. The maximum atomic E-state index is 10.8. The van der Waals surface area contributed by atoms with Crippen LogP contribution in [0.2, 0.25) is 0 Å². The van der Waals surface area contributed by atoms with E-state index in [0.29, 0.717) is 6.54 Å². The number of halogens is 1. The Morgan fingerprint density at radius 3 is 2.75 bits per heavy atom. The third-order valence-electron chi connectivity index (χ3n) is 0.948. The van der Waals surface area contributed by atoms with E-state index in [0.717, 1.165) is 11.5 Å². The molecule has 6 heteroatoms. The molecule has 3 nitrogen and oxygen atoms in total. The maximum Gasteiger partial charge on any atom is 0.225 e. The Morgan fingerprint density at radius 1 is 1.58 bits per heavy atom. The number of hydrogen-bond donors (Lipinski definition) is 1. The molecule has 0 aromatic carbocycles. The molecule has 0 amide bonds. The third-order valence-corrected chi connectivity index (χ3v) is 3.71. The van der Waals surface area contributed by atoms with Gasteiger partial charge < -0.3 is 0 Å². The predicted molar refractivity (Wildman–Crippen MR) is 55.2 cm³/mol. The molecule has 0 fully saturated rings. The van der Waals surface area contributed by atoms with E-state index in [1.807, 2.05) is 0 Å². The van der Waals surface area contributed by atoms with Crippen LogP contribution in [-0.4, -0.2) is 31.7 Å². The van der Waals surface area contributed by atoms with Crippen molar-refractivity contribution in [1.82, 2.24) is 4.72 Å². The van der Waals surface area contributed by atoms with E-state index in [4.69, 9.17) is 11.6 Å². The molecule has 0 bridgehead atoms. The van der Waals surface area contributed by atoms with Gasteiger partial charge in [-0.1, -0.05) is 6.08 Å². The molecule has 1 N–H and O–H groups in total. The first-order valence-electron chi connectivity index (χ1n) is 3.34. The van der Waals surface area contributed by atoms with Crippen LogP contribution in [0.25, 0.3) is 0 Å². The summed E-state index contributed by atoms with van der Waals surface area (Å²) in [4.78, 5) is 0. The largest absolute Gasteiger partial charge is 0.225 e. The summed E-state index contributed by atoms with van der Waals surface area (Å²) in [6, 6.07) is 0. The minimum atomic E-state index is -3.23. The van der Waals surface area contributed by atoms with Gasteiger partial charge in [0.2, 0.25) is 10.0 Å². The fourth-order valence-corrected chi connectivity index (χ4v) is 1.91. The lowest BCUT2D eigenvalue weighted by Crippen LogP contribution is -2.26. The van der Waals surface area contributed by atoms with Crippen molar-refractivity contribution in [2.24, 2.45) is 0 Å². The lowest BCUT2D eigenvalue weighted by atomic mass is 10.8. The highest BCUT2D eigenvalue weighted by atomic mass is 35.5. The highest BCUT2D eigenvalue weighted by Gasteiger charge is 2.05. The summed E-state index contributed by atoms with van der Waals surface area (Å²) in [5.74, 6) is 1.57. The van der Waals surface area contributed by atoms with Crippen LogP contribution in [-0.2, 0) is 10.0 Å². The number of rotatable bonds is 7. The van der Waals surface area contributed by atoms with Crippen LogP contribution in [0.3, 0.4) is 0 Å². The van der Waals surface area contributed by atoms with Gasteiger partial charge >= 0.3 is 0 Å². The molecule has 0 heterocycles. The van der Waals surface area contributed by atoms with E-state index in [-0.39, 0.29) is 5.21 Å². The first kappa shape index (κ1) is 12.3. The molecule has 0 saturated heterocycles. The van der Waals surface area contributed by atoms with Crippen molar-refractivity contribution < 1.29 is 8.42 Å². The zero-order valence-corrected chi connectivity index (χ0v) is 9.01. The molecule has 0 aliphatic heterocycles. The Hall–Kier alpha value is 0.290. The molecular formula is C6H12ClNO2S2. The highest BCUT2D eigenvalue weighted by Crippen LogP contribution is 1.98. The molecule has 0 atom stereocenters. The molecular weight excluding hydrogens is 218 g/mol. The van der Waals surface area contributed by atoms with Gasteiger partial charge in [0, 0.05) is 18.1 Å². The molecule has 0 saturated carbocycles. The third kappa shape index (κ3) is 6.97. The van der Waals surface area contributed by atoms with E-state index in [1.165, 1.54) is 0 Å². The van der Waals surface area contributed by atoms with Crippen LogP contribution >= 0.6 is 23.4 Å². The summed E-state index contributed by atoms with van der Waals surface area (Å²) in [6.45, 7) is 3.97. The molecule has 12 heavy (non-hydrogen) atoms. The molecule has 0 spiro atoms. The predicted octanol–water partition coefficient (Wildman–Crippen LogP) is 1.02. The summed E-state index contributed by atoms with van der Waals surface area (Å²) < 4.78 is 23.9. The van der Waals surface area contributed by atoms with Crippen LogP contribution in [0, 0.1) is 0 Å². The second-order valence-corrected chi connectivity index (χ2v) is 5.52. The Balaban J connectivity index is 3.37. The van der Waals surface area contributed by atoms with E-state index in [2.05, 4.69) is 11.3 Å². The van der Waals surface area contributed by atoms with Gasteiger partial charge in [-0.05, 0) is 0 Å². The quantitative estimate of drug-likeness (QED) is 0.403. The molecule has 0 aliphatic rings. The van der Waals surface area contributed by atoms with Gasteiger partial charge in [0.15, 0.2) is 0 Å². The first-order valence-corrected chi connectivity index (χ1v) is 6.68. The summed E-state index contributed by atoms with van der Waals surface area (Å²) >= 11 is 6.78. The zero-order valence-electron chi connectivity index (χ0n) is 6.62. The minimum Gasteiger partial charge on any atom is -0.213 e. The SMILES string of the molecule is C=CCSCCNS(=O)(=O)CCl. The molecule has 72 valence electrons. The van der Waals surface area contributed by atoms with Crippen LogP contribution in [0.1, 0.15) is 0 Å². The monoisotopic (exact) mass is 229 g/mol. The number of hydrogen-bond acceptors (Lipinski definition) is 3. The second kappa shape index (κ2) is 6.77. The van der Waals surface area contributed by atoms with E-state index in [1.54, 1.807) is 17.8 Å². The van der Waals surface area contributed by atoms with E-state index in [9.17, 15) is 8.42 Å². The fraction of sp³-hybridized carbons (Fsp3) is 0.667. The van der Waals surface area contributed by atoms with Crippen molar-refractivity contribution in [2.75, 3.05) is 23.3 Å². The van der Waals surface area contributed by atoms with Gasteiger partial charge in [0.25, 0.3) is 0 Å². The summed E-state index contributed by atoms with van der Waals surface area (Å²) in [7, 11) is -3.23. The maximum absolute atomic E-state index is 10.8. The fourth-order valence-electron chi connectivity index (χ4n) is 0.475. The Labute approximate surface area is 82.6 Å². The summed E-state index contributed by atoms with van der Waals surface area (Å²) in [5, 5.41) is -0.376. The average molecular weight is 230 g/mol. The molecule has 0 aromatic rings. The van der Waals surface area contributed by atoms with Gasteiger partial charge in [-0.3, -0.25) is 0 Å². The number of alkyl halides is 1. The van der Waals surface area contributed by atoms with Crippen LogP contribution in [0.15, 0.2) is 12.7 Å². The lowest BCUT2D eigenvalue weighted by Gasteiger charge is -2.01. The van der Waals surface area contributed by atoms with Crippen molar-refractivity contribution in [3.63, 3.8) is 0 Å². The number of sulfonamides is 1. The molecule has 0 unspecified atom stereocenters. The Bertz CT molecular complexity index is 216. The van der Waals surface area contributed by atoms with Gasteiger partial charge in [0.05, 0.1) is 0 Å². The van der Waals surface area contributed by atoms with Crippen molar-refractivity contribution in [3.05, 3.63) is 12.7 Å². The summed E-state index contributed by atoms with van der Waals surface area (Å²) in [6.07, 6.45) is 1.78. The highest BCUT2D eigenvalue weighted by molar-refractivity contribution is 7.99. The number of nitrogens with one attached hydrogen (secondary N) is 1. The molecule has 0 aliphatic carbocycles. The van der Waals surface area contributed by atoms with Crippen molar-refractivity contribution in [1.29, 1.82) is 0 Å². The lowest BCUT2D eigenvalue weighted by molar-refractivity contribution is 0.589. The minimum absolute atomic E-state index is 0.376. The van der Waals surface area contributed by atoms with Gasteiger partial charge in [-0.25, -0.2) is 13.1 Å². The van der Waals surface area contributed by atoms with Crippen molar-refractivity contribution >= 4 is 33.4 Å². The zero-order chi connectivity index (χ0) is 9.45. The smallest absolute Gasteiger partial charge is 0.213 e. The van der Waals surface area contributed by atoms with Crippen LogP contribution in [0.5, 0.6) is 0 Å². The first-order chi connectivity index (χ1) is 5.62. The normalized spacial score (nSPS) is 11.4. The topological polar surface area (TPSA) is 46.2 Å². The molecule has 0 aromatic heterocycles. The van der Waals surface area contributed by atoms with E-state index >= 15 is 0 Å². The van der Waals surface area contributed by atoms with Gasteiger partial charge in [-0.15, -0.1) is 18.2 Å². The molecule has 0 rings (SSSR count). The van der Waals surface area contributed by atoms with Gasteiger partial charge in [-0.2, -0.15) is 11.8 Å². The Morgan fingerprint density at radius 2 is 2.25 bits per heavy atom. The van der Waals surface area contributed by atoms with Crippen LogP contribution < -0.4 is 4.72 Å².